The van der Waals surface area contributed by atoms with E-state index >= 15 is 0 Å². The molecule has 0 radical (unpaired) electrons. The molecule has 0 spiro atoms. The largest absolute Gasteiger partial charge is 0.377 e. The zero-order valence-electron chi connectivity index (χ0n) is 11.9. The van der Waals surface area contributed by atoms with Crippen molar-refractivity contribution in [3.05, 3.63) is 17.0 Å². The fourth-order valence-corrected chi connectivity index (χ4v) is 2.65. The minimum Gasteiger partial charge on any atom is -0.377 e. The van der Waals surface area contributed by atoms with Gasteiger partial charge in [0.15, 0.2) is 5.82 Å². The van der Waals surface area contributed by atoms with Gasteiger partial charge in [-0.05, 0) is 13.3 Å². The van der Waals surface area contributed by atoms with Gasteiger partial charge in [0, 0.05) is 33.3 Å². The number of methoxy groups -OCH3 is 1. The number of hydrogen-bond donors (Lipinski definition) is 1. The Kier molecular flexibility index (Phi) is 4.45. The maximum atomic E-state index is 11.9. The van der Waals surface area contributed by atoms with Crippen LogP contribution in [0.5, 0.6) is 0 Å². The van der Waals surface area contributed by atoms with Crippen molar-refractivity contribution >= 4 is 23.3 Å². The third kappa shape index (κ3) is 3.02. The second-order valence-electron chi connectivity index (χ2n) is 5.21. The quantitative estimate of drug-likeness (QED) is 0.847. The number of halogens is 1. The van der Waals surface area contributed by atoms with Gasteiger partial charge < -0.3 is 15.0 Å². The summed E-state index contributed by atoms with van der Waals surface area (Å²) in [6.45, 7) is 3.66. The molecule has 1 unspecified atom stereocenters. The van der Waals surface area contributed by atoms with Crippen LogP contribution in [0.2, 0.25) is 5.15 Å². The number of carbonyl (C=O) groups is 1. The minimum atomic E-state index is -0.395. The molecule has 1 aliphatic heterocycles. The molecule has 2 rings (SSSR count). The van der Waals surface area contributed by atoms with E-state index in [2.05, 4.69) is 20.2 Å². The summed E-state index contributed by atoms with van der Waals surface area (Å²) in [5.74, 6) is 1.34. The Balaban J connectivity index is 2.19. The summed E-state index contributed by atoms with van der Waals surface area (Å²) in [5, 5.41) is 3.10. The monoisotopic (exact) mass is 298 g/mol. The van der Waals surface area contributed by atoms with Crippen LogP contribution in [0.3, 0.4) is 0 Å². The summed E-state index contributed by atoms with van der Waals surface area (Å²) in [4.78, 5) is 22.5. The van der Waals surface area contributed by atoms with Gasteiger partial charge in [0.05, 0.1) is 5.41 Å². The van der Waals surface area contributed by atoms with Gasteiger partial charge in [-0.25, -0.2) is 9.97 Å². The predicted octanol–water partition coefficient (Wildman–Crippen LogP) is 1.24. The number of carbonyl (C=O) groups excluding carboxylic acids is 1. The maximum Gasteiger partial charge on any atom is 0.227 e. The van der Waals surface area contributed by atoms with Crippen molar-refractivity contribution in [1.82, 2.24) is 15.3 Å². The van der Waals surface area contributed by atoms with Gasteiger partial charge in [-0.1, -0.05) is 11.6 Å². The first-order valence-electron chi connectivity index (χ1n) is 6.48. The molecule has 1 aromatic rings. The third-order valence-electron chi connectivity index (χ3n) is 3.57. The number of aromatic nitrogens is 2. The number of nitrogens with one attached hydrogen (secondary N) is 1. The normalized spacial score (nSPS) is 22.1. The standard InChI is InChI=1S/C13H19ClN4O2/c1-13(12(19)15-2)4-5-18(8-13)11-6-9(14)16-10(17-11)7-20-3/h6H,4-5,7-8H2,1-3H3,(H,15,19). The van der Waals surface area contributed by atoms with Crippen LogP contribution in [0.4, 0.5) is 5.82 Å². The number of ether oxygens (including phenoxy) is 1. The van der Waals surface area contributed by atoms with Crippen molar-refractivity contribution in [1.29, 1.82) is 0 Å². The Morgan fingerprint density at radius 3 is 3.00 bits per heavy atom. The summed E-state index contributed by atoms with van der Waals surface area (Å²) in [6, 6.07) is 1.72. The zero-order valence-corrected chi connectivity index (χ0v) is 12.7. The molecule has 1 N–H and O–H groups in total. The van der Waals surface area contributed by atoms with Gasteiger partial charge in [-0.15, -0.1) is 0 Å². The van der Waals surface area contributed by atoms with E-state index in [0.29, 0.717) is 24.1 Å². The molecule has 1 atom stereocenters. The smallest absolute Gasteiger partial charge is 0.227 e. The van der Waals surface area contributed by atoms with Crippen LogP contribution in [0.25, 0.3) is 0 Å². The first kappa shape index (κ1) is 15.0. The molecule has 1 aliphatic rings. The fraction of sp³-hybridized carbons (Fsp3) is 0.615. The molecule has 1 aromatic heterocycles. The number of amides is 1. The molecule has 1 saturated heterocycles. The highest BCUT2D eigenvalue weighted by atomic mass is 35.5. The molecule has 7 heteroatoms. The number of anilines is 1. The van der Waals surface area contributed by atoms with Crippen LogP contribution in [0.1, 0.15) is 19.2 Å². The topological polar surface area (TPSA) is 67.4 Å². The highest BCUT2D eigenvalue weighted by molar-refractivity contribution is 6.29. The highest BCUT2D eigenvalue weighted by Gasteiger charge is 2.40. The first-order chi connectivity index (χ1) is 9.48. The SMILES string of the molecule is CNC(=O)C1(C)CCN(c2cc(Cl)nc(COC)n2)C1. The van der Waals surface area contributed by atoms with Crippen molar-refractivity contribution in [2.75, 3.05) is 32.1 Å². The first-order valence-corrected chi connectivity index (χ1v) is 6.86. The maximum absolute atomic E-state index is 11.9. The second-order valence-corrected chi connectivity index (χ2v) is 5.60. The Morgan fingerprint density at radius 2 is 2.35 bits per heavy atom. The van der Waals surface area contributed by atoms with Crippen molar-refractivity contribution in [2.45, 2.75) is 20.0 Å². The fourth-order valence-electron chi connectivity index (χ4n) is 2.45. The van der Waals surface area contributed by atoms with Gasteiger partial charge in [0.2, 0.25) is 5.91 Å². The van der Waals surface area contributed by atoms with Crippen LogP contribution in [0.15, 0.2) is 6.07 Å². The molecular weight excluding hydrogens is 280 g/mol. The molecule has 1 fully saturated rings. The predicted molar refractivity (Wildman–Crippen MR) is 76.8 cm³/mol. The van der Waals surface area contributed by atoms with Crippen LogP contribution in [-0.2, 0) is 16.1 Å². The van der Waals surface area contributed by atoms with E-state index in [0.717, 1.165) is 18.8 Å². The van der Waals surface area contributed by atoms with Gasteiger partial charge >= 0.3 is 0 Å². The number of hydrogen-bond acceptors (Lipinski definition) is 5. The van der Waals surface area contributed by atoms with Crippen LogP contribution in [0, 0.1) is 5.41 Å². The summed E-state index contributed by atoms with van der Waals surface area (Å²) in [7, 11) is 3.25. The number of nitrogens with zero attached hydrogens (tertiary/aromatic N) is 3. The lowest BCUT2D eigenvalue weighted by atomic mass is 9.89. The molecular formula is C13H19ClN4O2. The lowest BCUT2D eigenvalue weighted by molar-refractivity contribution is -0.128. The molecule has 0 bridgehead atoms. The molecule has 0 saturated carbocycles. The molecule has 0 aromatic carbocycles. The van der Waals surface area contributed by atoms with E-state index < -0.39 is 5.41 Å². The van der Waals surface area contributed by atoms with Gasteiger partial charge in [-0.2, -0.15) is 0 Å². The average Bonchev–Trinajstić information content (AvgIpc) is 2.81. The summed E-state index contributed by atoms with van der Waals surface area (Å²) >= 11 is 6.01. The van der Waals surface area contributed by atoms with Crippen LogP contribution >= 0.6 is 11.6 Å². The molecule has 1 amide bonds. The zero-order chi connectivity index (χ0) is 14.8. The van der Waals surface area contributed by atoms with Gasteiger partial charge in [0.25, 0.3) is 0 Å². The Morgan fingerprint density at radius 1 is 1.60 bits per heavy atom. The van der Waals surface area contributed by atoms with Gasteiger partial charge in [0.1, 0.15) is 17.6 Å². The summed E-state index contributed by atoms with van der Waals surface area (Å²) < 4.78 is 5.03. The summed E-state index contributed by atoms with van der Waals surface area (Å²) in [5.41, 5.74) is -0.395. The van der Waals surface area contributed by atoms with Crippen molar-refractivity contribution in [3.63, 3.8) is 0 Å². The second kappa shape index (κ2) is 5.93. The lowest BCUT2D eigenvalue weighted by Crippen LogP contribution is -2.39. The number of rotatable bonds is 4. The van der Waals surface area contributed by atoms with E-state index in [4.69, 9.17) is 16.3 Å². The lowest BCUT2D eigenvalue weighted by Gasteiger charge is -2.23. The molecule has 20 heavy (non-hydrogen) atoms. The Labute approximate surface area is 123 Å². The highest BCUT2D eigenvalue weighted by Crippen LogP contribution is 2.33. The minimum absolute atomic E-state index is 0.0530. The van der Waals surface area contributed by atoms with Crippen molar-refractivity contribution < 1.29 is 9.53 Å². The third-order valence-corrected chi connectivity index (χ3v) is 3.77. The van der Waals surface area contributed by atoms with Crippen LogP contribution in [-0.4, -0.2) is 43.1 Å². The Bertz CT molecular complexity index is 511. The van der Waals surface area contributed by atoms with E-state index in [-0.39, 0.29) is 5.91 Å². The van der Waals surface area contributed by atoms with E-state index in [1.54, 1.807) is 20.2 Å². The molecule has 2 heterocycles. The van der Waals surface area contributed by atoms with E-state index in [9.17, 15) is 4.79 Å². The average molecular weight is 299 g/mol. The Hall–Kier alpha value is -1.40. The van der Waals surface area contributed by atoms with E-state index in [1.807, 2.05) is 6.92 Å². The van der Waals surface area contributed by atoms with Crippen molar-refractivity contribution in [2.24, 2.45) is 5.41 Å². The van der Waals surface area contributed by atoms with Crippen molar-refractivity contribution in [3.8, 4) is 0 Å². The molecule has 110 valence electrons. The summed E-state index contributed by atoms with van der Waals surface area (Å²) in [6.07, 6.45) is 0.786. The molecule has 6 nitrogen and oxygen atoms in total. The molecule has 0 aliphatic carbocycles. The van der Waals surface area contributed by atoms with E-state index in [1.165, 1.54) is 0 Å². The van der Waals surface area contributed by atoms with Crippen LogP contribution < -0.4 is 10.2 Å². The van der Waals surface area contributed by atoms with Gasteiger partial charge in [-0.3, -0.25) is 4.79 Å².